The Bertz CT molecular complexity index is 1290. The average Bonchev–Trinajstić information content (AvgIpc) is 3.36. The third-order valence-corrected chi connectivity index (χ3v) is 6.43. The Kier molecular flexibility index (Phi) is 5.41. The molecule has 0 saturated carbocycles. The molecule has 0 aliphatic heterocycles. The average molecular weight is 423 g/mol. The topological polar surface area (TPSA) is 94.2 Å². The van der Waals surface area contributed by atoms with Crippen LogP contribution in [0.4, 0.5) is 0 Å². The van der Waals surface area contributed by atoms with Crippen LogP contribution in [0.3, 0.4) is 0 Å². The molecule has 1 N–H and O–H groups in total. The lowest BCUT2D eigenvalue weighted by Crippen LogP contribution is -2.24. The van der Waals surface area contributed by atoms with E-state index < -0.39 is 15.7 Å². The van der Waals surface area contributed by atoms with Crippen molar-refractivity contribution in [1.29, 1.82) is 0 Å². The second-order valence-corrected chi connectivity index (χ2v) is 8.77. The van der Waals surface area contributed by atoms with Gasteiger partial charge < -0.3 is 14.3 Å². The van der Waals surface area contributed by atoms with Crippen LogP contribution in [0, 0.1) is 0 Å². The van der Waals surface area contributed by atoms with Crippen molar-refractivity contribution in [2.24, 2.45) is 0 Å². The smallest absolute Gasteiger partial charge is 0.287 e. The summed E-state index contributed by atoms with van der Waals surface area (Å²) in [6.45, 7) is 2.99. The molecule has 154 valence electrons. The van der Waals surface area contributed by atoms with Crippen molar-refractivity contribution >= 4 is 26.8 Å². The molecule has 30 heavy (non-hydrogen) atoms. The molecule has 0 saturated heterocycles. The zero-order valence-corrected chi connectivity index (χ0v) is 17.2. The van der Waals surface area contributed by atoms with E-state index in [9.17, 15) is 13.2 Å². The van der Waals surface area contributed by atoms with Gasteiger partial charge in [0.15, 0.2) is 15.6 Å². The predicted octanol–water partition coefficient (Wildman–Crippen LogP) is 3.55. The Labute approximate surface area is 174 Å². The molecule has 2 heterocycles. The van der Waals surface area contributed by atoms with Gasteiger partial charge in [0.25, 0.3) is 5.91 Å². The first-order valence-corrected chi connectivity index (χ1v) is 11.2. The molecule has 0 fully saturated rings. The summed E-state index contributed by atoms with van der Waals surface area (Å²) in [4.78, 5) is 17.3. The van der Waals surface area contributed by atoms with Crippen LogP contribution in [0.15, 0.2) is 76.0 Å². The monoisotopic (exact) mass is 423 g/mol. The molecule has 2 aromatic heterocycles. The molecule has 2 aromatic carbocycles. The Morgan fingerprint density at radius 2 is 1.77 bits per heavy atom. The van der Waals surface area contributed by atoms with Gasteiger partial charge in [-0.3, -0.25) is 4.79 Å². The van der Waals surface area contributed by atoms with Gasteiger partial charge in [-0.2, -0.15) is 0 Å². The molecule has 4 aromatic rings. The Hall–Kier alpha value is -3.39. The number of aryl methyl sites for hydroxylation is 1. The minimum Gasteiger partial charge on any atom is -0.455 e. The number of sulfone groups is 1. The largest absolute Gasteiger partial charge is 0.455 e. The normalized spacial score (nSPS) is 11.6. The number of imidazole rings is 1. The lowest BCUT2D eigenvalue weighted by Gasteiger charge is -2.07. The first-order valence-electron chi connectivity index (χ1n) is 9.57. The van der Waals surface area contributed by atoms with Gasteiger partial charge >= 0.3 is 0 Å². The minimum atomic E-state index is -3.54. The van der Waals surface area contributed by atoms with E-state index in [0.29, 0.717) is 0 Å². The summed E-state index contributed by atoms with van der Waals surface area (Å²) < 4.78 is 32.5. The molecule has 0 aliphatic carbocycles. The van der Waals surface area contributed by atoms with E-state index in [2.05, 4.69) is 10.3 Å². The van der Waals surface area contributed by atoms with E-state index >= 15 is 0 Å². The van der Waals surface area contributed by atoms with Crippen LogP contribution in [-0.4, -0.2) is 23.9 Å². The van der Waals surface area contributed by atoms with Crippen LogP contribution in [-0.2, 0) is 28.7 Å². The number of para-hydroxylation sites is 2. The number of carbonyl (C=O) groups is 1. The van der Waals surface area contributed by atoms with Crippen LogP contribution in [0.5, 0.6) is 0 Å². The summed E-state index contributed by atoms with van der Waals surface area (Å²) in [6.07, 6.45) is 0. The molecule has 4 rings (SSSR count). The van der Waals surface area contributed by atoms with Gasteiger partial charge in [-0.15, -0.1) is 0 Å². The summed E-state index contributed by atoms with van der Waals surface area (Å²) in [7, 11) is -3.54. The highest BCUT2D eigenvalue weighted by Gasteiger charge is 2.19. The number of fused-ring (bicyclic) bond motifs is 1. The first-order chi connectivity index (χ1) is 14.5. The lowest BCUT2D eigenvalue weighted by molar-refractivity contribution is 0.0920. The fourth-order valence-corrected chi connectivity index (χ4v) is 4.60. The van der Waals surface area contributed by atoms with Crippen molar-refractivity contribution in [3.05, 3.63) is 84.1 Å². The van der Waals surface area contributed by atoms with Gasteiger partial charge in [0.2, 0.25) is 0 Å². The summed E-state index contributed by atoms with van der Waals surface area (Å²) >= 11 is 0. The number of nitrogens with zero attached hydrogens (tertiary/aromatic N) is 2. The van der Waals surface area contributed by atoms with Crippen LogP contribution >= 0.6 is 0 Å². The van der Waals surface area contributed by atoms with Gasteiger partial charge in [0.05, 0.1) is 22.5 Å². The van der Waals surface area contributed by atoms with Gasteiger partial charge in [0, 0.05) is 6.54 Å². The number of furan rings is 1. The first kappa shape index (κ1) is 19.9. The summed E-state index contributed by atoms with van der Waals surface area (Å²) in [5.74, 6) is 0.284. The lowest BCUT2D eigenvalue weighted by atomic mass is 10.3. The minimum absolute atomic E-state index is 0.0624. The van der Waals surface area contributed by atoms with Gasteiger partial charge in [-0.1, -0.05) is 30.3 Å². The maximum atomic E-state index is 12.5. The summed E-state index contributed by atoms with van der Waals surface area (Å²) in [6, 6.07) is 18.9. The van der Waals surface area contributed by atoms with E-state index in [1.165, 1.54) is 24.3 Å². The van der Waals surface area contributed by atoms with Crippen LogP contribution in [0.25, 0.3) is 11.0 Å². The maximum Gasteiger partial charge on any atom is 0.287 e. The number of carbonyl (C=O) groups excluding carboxylic acids is 1. The van der Waals surface area contributed by atoms with Crippen molar-refractivity contribution in [1.82, 2.24) is 14.9 Å². The number of hydrogen-bond acceptors (Lipinski definition) is 5. The summed E-state index contributed by atoms with van der Waals surface area (Å²) in [5, 5.41) is 2.79. The molecule has 0 spiro atoms. The van der Waals surface area contributed by atoms with Gasteiger partial charge in [0.1, 0.15) is 17.3 Å². The highest BCUT2D eigenvalue weighted by molar-refractivity contribution is 7.90. The molecular weight excluding hydrogens is 402 g/mol. The SMILES string of the molecule is CCn1c(CNC(=O)c2ccc(CS(=O)(=O)c3ccccc3)o2)nc2ccccc21. The molecule has 1 amide bonds. The molecule has 0 unspecified atom stereocenters. The van der Waals surface area contributed by atoms with E-state index in [1.807, 2.05) is 35.8 Å². The highest BCUT2D eigenvalue weighted by atomic mass is 32.2. The Morgan fingerprint density at radius 1 is 1.03 bits per heavy atom. The molecule has 0 aliphatic rings. The zero-order chi connectivity index (χ0) is 21.1. The van der Waals surface area contributed by atoms with E-state index in [0.717, 1.165) is 23.4 Å². The van der Waals surface area contributed by atoms with E-state index in [1.54, 1.807) is 18.2 Å². The number of rotatable bonds is 7. The van der Waals surface area contributed by atoms with Crippen molar-refractivity contribution in [2.45, 2.75) is 30.7 Å². The second kappa shape index (κ2) is 8.16. The van der Waals surface area contributed by atoms with Crippen molar-refractivity contribution in [2.75, 3.05) is 0 Å². The van der Waals surface area contributed by atoms with Gasteiger partial charge in [-0.25, -0.2) is 13.4 Å². The number of amides is 1. The number of nitrogens with one attached hydrogen (secondary N) is 1. The maximum absolute atomic E-state index is 12.5. The van der Waals surface area contributed by atoms with E-state index in [4.69, 9.17) is 4.42 Å². The fraction of sp³-hybridized carbons (Fsp3) is 0.182. The Morgan fingerprint density at radius 3 is 2.53 bits per heavy atom. The van der Waals surface area contributed by atoms with Crippen molar-refractivity contribution in [3.63, 3.8) is 0 Å². The molecule has 0 bridgehead atoms. The third kappa shape index (κ3) is 3.99. The van der Waals surface area contributed by atoms with Crippen molar-refractivity contribution < 1.29 is 17.6 Å². The fourth-order valence-electron chi connectivity index (χ4n) is 3.34. The van der Waals surface area contributed by atoms with Crippen LogP contribution < -0.4 is 5.32 Å². The molecule has 8 heteroatoms. The molecule has 7 nitrogen and oxygen atoms in total. The van der Waals surface area contributed by atoms with Crippen LogP contribution in [0.1, 0.15) is 29.1 Å². The molecule has 0 atom stereocenters. The third-order valence-electron chi connectivity index (χ3n) is 4.78. The van der Waals surface area contributed by atoms with Crippen LogP contribution in [0.2, 0.25) is 0 Å². The second-order valence-electron chi connectivity index (χ2n) is 6.78. The zero-order valence-electron chi connectivity index (χ0n) is 16.4. The predicted molar refractivity (Wildman–Crippen MR) is 113 cm³/mol. The number of hydrogen-bond donors (Lipinski definition) is 1. The number of benzene rings is 2. The van der Waals surface area contributed by atoms with E-state index in [-0.39, 0.29) is 28.7 Å². The summed E-state index contributed by atoms with van der Waals surface area (Å²) in [5.41, 5.74) is 1.88. The molecule has 0 radical (unpaired) electrons. The van der Waals surface area contributed by atoms with Crippen molar-refractivity contribution in [3.8, 4) is 0 Å². The highest BCUT2D eigenvalue weighted by Crippen LogP contribution is 2.19. The Balaban J connectivity index is 1.45. The standard InChI is InChI=1S/C22H21N3O4S/c1-2-25-19-11-7-6-10-18(19)24-21(25)14-23-22(26)20-13-12-16(29-20)15-30(27,28)17-8-4-3-5-9-17/h3-13H,2,14-15H2,1H3,(H,23,26). The number of aromatic nitrogens is 2. The quantitative estimate of drug-likeness (QED) is 0.491. The van der Waals surface area contributed by atoms with Gasteiger partial charge in [-0.05, 0) is 43.3 Å². The molecular formula is C22H21N3O4S.